The lowest BCUT2D eigenvalue weighted by Crippen LogP contribution is -2.15. The monoisotopic (exact) mass is 414 g/mol. The molecule has 0 spiro atoms. The number of amides is 1. The Morgan fingerprint density at radius 1 is 1.10 bits per heavy atom. The Morgan fingerprint density at radius 3 is 2.50 bits per heavy atom. The molecule has 0 radical (unpaired) electrons. The van der Waals surface area contributed by atoms with Crippen LogP contribution in [0.4, 0.5) is 5.69 Å². The highest BCUT2D eigenvalue weighted by molar-refractivity contribution is 6.00. The minimum absolute atomic E-state index is 0.238. The Bertz CT molecular complexity index is 961. The predicted molar refractivity (Wildman–Crippen MR) is 111 cm³/mol. The molecule has 0 atom stereocenters. The number of anilines is 1. The number of carbonyl (C=O) groups is 4. The van der Waals surface area contributed by atoms with Crippen molar-refractivity contribution in [3.8, 4) is 0 Å². The average Bonchev–Trinajstić information content (AvgIpc) is 2.99. The molecule has 1 heterocycles. The SMILES string of the molecule is COC(=O)CCCn1c(C)cc(C(=O)COC(=O)c2cccc(NC(C)=O)c2)c1C. The van der Waals surface area contributed by atoms with Crippen molar-refractivity contribution in [1.29, 1.82) is 0 Å². The van der Waals surface area contributed by atoms with Gasteiger partial charge < -0.3 is 19.4 Å². The van der Waals surface area contributed by atoms with Crippen LogP contribution in [-0.2, 0) is 25.6 Å². The van der Waals surface area contributed by atoms with Crippen LogP contribution < -0.4 is 5.32 Å². The molecular formula is C22H26N2O6. The lowest BCUT2D eigenvalue weighted by atomic mass is 10.1. The molecule has 0 aliphatic carbocycles. The van der Waals surface area contributed by atoms with E-state index in [1.54, 1.807) is 24.3 Å². The lowest BCUT2D eigenvalue weighted by Gasteiger charge is -2.09. The Morgan fingerprint density at radius 2 is 1.83 bits per heavy atom. The Kier molecular flexibility index (Phi) is 7.91. The van der Waals surface area contributed by atoms with Crippen LogP contribution in [0.3, 0.4) is 0 Å². The molecule has 0 saturated heterocycles. The van der Waals surface area contributed by atoms with Crippen LogP contribution in [0.5, 0.6) is 0 Å². The van der Waals surface area contributed by atoms with Crippen molar-refractivity contribution < 1.29 is 28.7 Å². The van der Waals surface area contributed by atoms with Crippen LogP contribution in [0, 0.1) is 13.8 Å². The lowest BCUT2D eigenvalue weighted by molar-refractivity contribution is -0.140. The smallest absolute Gasteiger partial charge is 0.338 e. The first-order valence-electron chi connectivity index (χ1n) is 9.54. The van der Waals surface area contributed by atoms with Crippen molar-refractivity contribution in [2.45, 2.75) is 40.2 Å². The molecule has 1 amide bonds. The minimum atomic E-state index is -0.651. The third kappa shape index (κ3) is 6.04. The highest BCUT2D eigenvalue weighted by Crippen LogP contribution is 2.18. The van der Waals surface area contributed by atoms with Crippen molar-refractivity contribution >= 4 is 29.3 Å². The number of hydrogen-bond donors (Lipinski definition) is 1. The van der Waals surface area contributed by atoms with Gasteiger partial charge in [0, 0.05) is 42.5 Å². The van der Waals surface area contributed by atoms with Crippen LogP contribution in [0.1, 0.15) is 51.9 Å². The molecule has 1 aromatic carbocycles. The van der Waals surface area contributed by atoms with Gasteiger partial charge in [-0.1, -0.05) is 6.07 Å². The van der Waals surface area contributed by atoms with Crippen molar-refractivity contribution in [2.24, 2.45) is 0 Å². The number of nitrogens with zero attached hydrogens (tertiary/aromatic N) is 1. The van der Waals surface area contributed by atoms with E-state index < -0.39 is 12.6 Å². The van der Waals surface area contributed by atoms with E-state index in [9.17, 15) is 19.2 Å². The molecule has 0 unspecified atom stereocenters. The molecule has 2 aromatic rings. The van der Waals surface area contributed by atoms with E-state index in [1.165, 1.54) is 20.1 Å². The van der Waals surface area contributed by atoms with Crippen LogP contribution in [0.2, 0.25) is 0 Å². The van der Waals surface area contributed by atoms with Crippen molar-refractivity contribution in [3.63, 3.8) is 0 Å². The van der Waals surface area contributed by atoms with Gasteiger partial charge in [0.05, 0.1) is 12.7 Å². The number of aromatic nitrogens is 1. The fourth-order valence-electron chi connectivity index (χ4n) is 3.13. The Hall–Kier alpha value is -3.42. The predicted octanol–water partition coefficient (Wildman–Crippen LogP) is 3.06. The molecular weight excluding hydrogens is 388 g/mol. The molecule has 1 aromatic heterocycles. The van der Waals surface area contributed by atoms with Crippen molar-refractivity contribution in [3.05, 3.63) is 52.8 Å². The van der Waals surface area contributed by atoms with Crippen LogP contribution in [0.15, 0.2) is 30.3 Å². The number of methoxy groups -OCH3 is 1. The van der Waals surface area contributed by atoms with E-state index >= 15 is 0 Å². The van der Waals surface area contributed by atoms with Gasteiger partial charge in [-0.3, -0.25) is 14.4 Å². The summed E-state index contributed by atoms with van der Waals surface area (Å²) < 4.78 is 11.8. The molecule has 8 nitrogen and oxygen atoms in total. The quantitative estimate of drug-likeness (QED) is 0.500. The summed E-state index contributed by atoms with van der Waals surface area (Å²) in [4.78, 5) is 47.3. The fourth-order valence-corrected chi connectivity index (χ4v) is 3.13. The van der Waals surface area contributed by atoms with Gasteiger partial charge in [0.25, 0.3) is 0 Å². The van der Waals surface area contributed by atoms with Gasteiger partial charge in [-0.05, 0) is 44.5 Å². The van der Waals surface area contributed by atoms with Gasteiger partial charge in [-0.2, -0.15) is 0 Å². The van der Waals surface area contributed by atoms with Gasteiger partial charge in [0.1, 0.15) is 0 Å². The van der Waals surface area contributed by atoms with E-state index in [0.29, 0.717) is 30.6 Å². The Balaban J connectivity index is 1.99. The summed E-state index contributed by atoms with van der Waals surface area (Å²) in [6, 6.07) is 8.05. The summed E-state index contributed by atoms with van der Waals surface area (Å²) in [6.07, 6.45) is 0.891. The fraction of sp³-hybridized carbons (Fsp3) is 0.364. The molecule has 0 aliphatic heterocycles. The van der Waals surface area contributed by atoms with Gasteiger partial charge in [-0.15, -0.1) is 0 Å². The summed E-state index contributed by atoms with van der Waals surface area (Å²) in [6.45, 7) is 5.25. The van der Waals surface area contributed by atoms with E-state index in [2.05, 4.69) is 10.1 Å². The van der Waals surface area contributed by atoms with Gasteiger partial charge in [-0.25, -0.2) is 4.79 Å². The summed E-state index contributed by atoms with van der Waals surface area (Å²) in [5.74, 6) is -1.49. The second-order valence-corrected chi connectivity index (χ2v) is 6.88. The molecule has 0 aliphatic rings. The number of ketones is 1. The third-order valence-corrected chi connectivity index (χ3v) is 4.62. The van der Waals surface area contributed by atoms with Gasteiger partial charge in [0.2, 0.25) is 11.7 Å². The highest BCUT2D eigenvalue weighted by Gasteiger charge is 2.18. The maximum atomic E-state index is 12.6. The number of carbonyl (C=O) groups excluding carboxylic acids is 4. The molecule has 8 heteroatoms. The normalized spacial score (nSPS) is 10.4. The molecule has 160 valence electrons. The van der Waals surface area contributed by atoms with Crippen molar-refractivity contribution in [1.82, 2.24) is 4.57 Å². The van der Waals surface area contributed by atoms with Gasteiger partial charge in [0.15, 0.2) is 6.61 Å². The zero-order valence-electron chi connectivity index (χ0n) is 17.6. The number of hydrogen-bond acceptors (Lipinski definition) is 6. The molecule has 30 heavy (non-hydrogen) atoms. The molecule has 1 N–H and O–H groups in total. The van der Waals surface area contributed by atoms with Crippen molar-refractivity contribution in [2.75, 3.05) is 19.0 Å². The van der Waals surface area contributed by atoms with Gasteiger partial charge >= 0.3 is 11.9 Å². The number of benzene rings is 1. The second-order valence-electron chi connectivity index (χ2n) is 6.88. The minimum Gasteiger partial charge on any atom is -0.469 e. The molecule has 0 fully saturated rings. The largest absolute Gasteiger partial charge is 0.469 e. The first kappa shape index (κ1) is 22.9. The van der Waals surface area contributed by atoms with Crippen LogP contribution in [-0.4, -0.2) is 41.9 Å². The topological polar surface area (TPSA) is 104 Å². The molecule has 0 saturated carbocycles. The summed E-state index contributed by atoms with van der Waals surface area (Å²) in [7, 11) is 1.35. The standard InChI is InChI=1S/C22H26N2O6/c1-14-11-19(15(2)24(14)10-6-9-21(27)29-4)20(26)13-30-22(28)17-7-5-8-18(12-17)23-16(3)25/h5,7-8,11-12H,6,9-10,13H2,1-4H3,(H,23,25). The number of aryl methyl sites for hydroxylation is 1. The van der Waals surface area contributed by atoms with E-state index in [-0.39, 0.29) is 23.2 Å². The number of esters is 2. The van der Waals surface area contributed by atoms with E-state index in [0.717, 1.165) is 11.4 Å². The molecule has 0 bridgehead atoms. The van der Waals surface area contributed by atoms with E-state index in [4.69, 9.17) is 4.74 Å². The zero-order valence-corrected chi connectivity index (χ0v) is 17.6. The number of nitrogens with one attached hydrogen (secondary N) is 1. The third-order valence-electron chi connectivity index (χ3n) is 4.62. The number of Topliss-reactive ketones (excluding diaryl/α,β-unsaturated/α-hetero) is 1. The summed E-state index contributed by atoms with van der Waals surface area (Å²) in [5, 5.41) is 2.59. The van der Waals surface area contributed by atoms with Crippen LogP contribution >= 0.6 is 0 Å². The number of rotatable bonds is 9. The maximum absolute atomic E-state index is 12.6. The number of ether oxygens (including phenoxy) is 2. The summed E-state index contributed by atoms with van der Waals surface area (Å²) >= 11 is 0. The molecule has 2 rings (SSSR count). The zero-order chi connectivity index (χ0) is 22.3. The first-order valence-corrected chi connectivity index (χ1v) is 9.54. The highest BCUT2D eigenvalue weighted by atomic mass is 16.5. The Labute approximate surface area is 175 Å². The average molecular weight is 414 g/mol. The summed E-state index contributed by atoms with van der Waals surface area (Å²) in [5.41, 5.74) is 2.83. The first-order chi connectivity index (χ1) is 14.2. The van der Waals surface area contributed by atoms with Crippen LogP contribution in [0.25, 0.3) is 0 Å². The van der Waals surface area contributed by atoms with E-state index in [1.807, 2.05) is 18.4 Å². The maximum Gasteiger partial charge on any atom is 0.338 e. The second kappa shape index (κ2) is 10.4.